The maximum Gasteiger partial charge on any atom is 0.306 e. The normalized spacial score (nSPS) is 13.9. The Morgan fingerprint density at radius 2 is 1.87 bits per heavy atom. The fourth-order valence-electron chi connectivity index (χ4n) is 1.53. The summed E-state index contributed by atoms with van der Waals surface area (Å²) in [5, 5.41) is 8.71. The number of aliphatic carboxylic acids is 1. The molecule has 0 saturated carbocycles. The molecule has 1 atom stereocenters. The second kappa shape index (κ2) is 6.86. The second-order valence-electron chi connectivity index (χ2n) is 5.36. The Morgan fingerprint density at radius 3 is 2.33 bits per heavy atom. The molecule has 0 aromatic rings. The summed E-state index contributed by atoms with van der Waals surface area (Å²) >= 11 is 0. The molecule has 0 aromatic heterocycles. The maximum atomic E-state index is 10.6. The summed E-state index contributed by atoms with van der Waals surface area (Å²) < 4.78 is 0. The van der Waals surface area contributed by atoms with Gasteiger partial charge in [0.05, 0.1) is 5.92 Å². The molecule has 0 aliphatic carbocycles. The van der Waals surface area contributed by atoms with Gasteiger partial charge in [-0.25, -0.2) is 0 Å². The third-order valence-corrected chi connectivity index (χ3v) is 3.37. The first-order valence-electron chi connectivity index (χ1n) is 6.12. The van der Waals surface area contributed by atoms with E-state index in [9.17, 15) is 4.79 Å². The highest BCUT2D eigenvalue weighted by molar-refractivity contribution is 5.69. The minimum absolute atomic E-state index is 0.177. The largest absolute Gasteiger partial charge is 0.481 e. The Bertz CT molecular complexity index is 185. The fraction of sp³-hybridized carbons (Fsp3) is 0.923. The average Bonchev–Trinajstić information content (AvgIpc) is 2.16. The van der Waals surface area contributed by atoms with Crippen LogP contribution in [0.15, 0.2) is 0 Å². The Kier molecular flexibility index (Phi) is 6.62. The summed E-state index contributed by atoms with van der Waals surface area (Å²) in [5.74, 6) is -0.840. The van der Waals surface area contributed by atoms with Crippen molar-refractivity contribution in [3.63, 3.8) is 0 Å². The summed E-state index contributed by atoms with van der Waals surface area (Å²) in [5.41, 5.74) is 0.457. The average molecular weight is 214 g/mol. The molecule has 0 rings (SSSR count). The SMILES string of the molecule is CCC(C)(C)CCCCCC(C)C(=O)O. The first kappa shape index (κ1) is 14.5. The number of unbranched alkanes of at least 4 members (excludes halogenated alkanes) is 2. The van der Waals surface area contributed by atoms with E-state index in [2.05, 4.69) is 20.8 Å². The van der Waals surface area contributed by atoms with Crippen molar-refractivity contribution in [2.45, 2.75) is 66.2 Å². The third kappa shape index (κ3) is 7.40. The Balaban J connectivity index is 3.44. The van der Waals surface area contributed by atoms with E-state index in [4.69, 9.17) is 5.11 Å². The Labute approximate surface area is 94.1 Å². The van der Waals surface area contributed by atoms with E-state index in [0.717, 1.165) is 12.8 Å². The van der Waals surface area contributed by atoms with E-state index in [1.54, 1.807) is 6.92 Å². The zero-order valence-electron chi connectivity index (χ0n) is 10.7. The minimum atomic E-state index is -0.663. The smallest absolute Gasteiger partial charge is 0.306 e. The quantitative estimate of drug-likeness (QED) is 0.618. The van der Waals surface area contributed by atoms with Gasteiger partial charge in [-0.3, -0.25) is 4.79 Å². The van der Waals surface area contributed by atoms with E-state index in [0.29, 0.717) is 5.41 Å². The molecule has 0 heterocycles. The molecule has 0 saturated heterocycles. The van der Waals surface area contributed by atoms with Crippen molar-refractivity contribution in [3.05, 3.63) is 0 Å². The first-order valence-corrected chi connectivity index (χ1v) is 6.12. The monoisotopic (exact) mass is 214 g/mol. The van der Waals surface area contributed by atoms with Gasteiger partial charge in [-0.05, 0) is 18.3 Å². The van der Waals surface area contributed by atoms with Gasteiger partial charge in [-0.2, -0.15) is 0 Å². The van der Waals surface area contributed by atoms with Crippen LogP contribution in [-0.4, -0.2) is 11.1 Å². The van der Waals surface area contributed by atoms with E-state index < -0.39 is 5.97 Å². The number of hydrogen-bond donors (Lipinski definition) is 1. The molecule has 0 spiro atoms. The molecule has 0 amide bonds. The zero-order chi connectivity index (χ0) is 11.9. The molecule has 0 aliphatic rings. The number of carboxylic acids is 1. The summed E-state index contributed by atoms with van der Waals surface area (Å²) in [6.45, 7) is 8.62. The van der Waals surface area contributed by atoms with Gasteiger partial charge in [-0.1, -0.05) is 53.4 Å². The Hall–Kier alpha value is -0.530. The number of rotatable bonds is 8. The van der Waals surface area contributed by atoms with Crippen molar-refractivity contribution < 1.29 is 9.90 Å². The number of carbonyl (C=O) groups is 1. The lowest BCUT2D eigenvalue weighted by molar-refractivity contribution is -0.141. The summed E-state index contributed by atoms with van der Waals surface area (Å²) in [4.78, 5) is 10.6. The first-order chi connectivity index (χ1) is 6.89. The van der Waals surface area contributed by atoms with Crippen LogP contribution in [0.3, 0.4) is 0 Å². The van der Waals surface area contributed by atoms with Crippen LogP contribution in [-0.2, 0) is 4.79 Å². The minimum Gasteiger partial charge on any atom is -0.481 e. The van der Waals surface area contributed by atoms with Crippen LogP contribution in [0.1, 0.15) is 66.2 Å². The van der Waals surface area contributed by atoms with Gasteiger partial charge in [0.25, 0.3) is 0 Å². The van der Waals surface area contributed by atoms with Crippen LogP contribution in [0.5, 0.6) is 0 Å². The number of carboxylic acid groups (broad SMARTS) is 1. The van der Waals surface area contributed by atoms with Crippen molar-refractivity contribution in [3.8, 4) is 0 Å². The van der Waals surface area contributed by atoms with Crippen LogP contribution >= 0.6 is 0 Å². The highest BCUT2D eigenvalue weighted by Crippen LogP contribution is 2.27. The molecule has 1 unspecified atom stereocenters. The molecule has 0 fully saturated rings. The van der Waals surface area contributed by atoms with Crippen molar-refractivity contribution in [2.24, 2.45) is 11.3 Å². The third-order valence-electron chi connectivity index (χ3n) is 3.37. The summed E-state index contributed by atoms with van der Waals surface area (Å²) in [6, 6.07) is 0. The molecule has 0 bridgehead atoms. The van der Waals surface area contributed by atoms with Crippen molar-refractivity contribution in [2.75, 3.05) is 0 Å². The molecule has 2 nitrogen and oxygen atoms in total. The highest BCUT2D eigenvalue weighted by atomic mass is 16.4. The predicted octanol–water partition coefficient (Wildman–Crippen LogP) is 4.09. The highest BCUT2D eigenvalue weighted by Gasteiger charge is 2.14. The van der Waals surface area contributed by atoms with Gasteiger partial charge in [0, 0.05) is 0 Å². The van der Waals surface area contributed by atoms with E-state index in [-0.39, 0.29) is 5.92 Å². The summed E-state index contributed by atoms with van der Waals surface area (Å²) in [6.07, 6.45) is 6.74. The lowest BCUT2D eigenvalue weighted by Crippen LogP contribution is -2.10. The van der Waals surface area contributed by atoms with Crippen molar-refractivity contribution in [1.29, 1.82) is 0 Å². The molecule has 2 heteroatoms. The fourth-order valence-corrected chi connectivity index (χ4v) is 1.53. The second-order valence-corrected chi connectivity index (χ2v) is 5.36. The van der Waals surface area contributed by atoms with Crippen LogP contribution in [0.2, 0.25) is 0 Å². The van der Waals surface area contributed by atoms with Crippen LogP contribution < -0.4 is 0 Å². The van der Waals surface area contributed by atoms with Gasteiger partial charge in [-0.15, -0.1) is 0 Å². The van der Waals surface area contributed by atoms with E-state index >= 15 is 0 Å². The van der Waals surface area contributed by atoms with Crippen molar-refractivity contribution in [1.82, 2.24) is 0 Å². The van der Waals surface area contributed by atoms with Crippen LogP contribution in [0.25, 0.3) is 0 Å². The van der Waals surface area contributed by atoms with E-state index in [1.807, 2.05) is 0 Å². The van der Waals surface area contributed by atoms with Gasteiger partial charge in [0.15, 0.2) is 0 Å². The molecule has 0 aliphatic heterocycles. The van der Waals surface area contributed by atoms with Gasteiger partial charge >= 0.3 is 5.97 Å². The van der Waals surface area contributed by atoms with Crippen molar-refractivity contribution >= 4 is 5.97 Å². The molecule has 1 N–H and O–H groups in total. The molecule has 0 radical (unpaired) electrons. The molecule has 0 aromatic carbocycles. The van der Waals surface area contributed by atoms with Crippen LogP contribution in [0.4, 0.5) is 0 Å². The van der Waals surface area contributed by atoms with E-state index in [1.165, 1.54) is 25.7 Å². The lowest BCUT2D eigenvalue weighted by Gasteiger charge is -2.22. The Morgan fingerprint density at radius 1 is 1.27 bits per heavy atom. The number of hydrogen-bond acceptors (Lipinski definition) is 1. The predicted molar refractivity (Wildman–Crippen MR) is 64.0 cm³/mol. The topological polar surface area (TPSA) is 37.3 Å². The molecule has 90 valence electrons. The van der Waals surface area contributed by atoms with Gasteiger partial charge in [0.2, 0.25) is 0 Å². The van der Waals surface area contributed by atoms with Gasteiger partial charge < -0.3 is 5.11 Å². The zero-order valence-corrected chi connectivity index (χ0v) is 10.7. The summed E-state index contributed by atoms with van der Waals surface area (Å²) in [7, 11) is 0. The molecule has 15 heavy (non-hydrogen) atoms. The van der Waals surface area contributed by atoms with Gasteiger partial charge in [0.1, 0.15) is 0 Å². The van der Waals surface area contributed by atoms with Crippen LogP contribution in [0, 0.1) is 11.3 Å². The maximum absolute atomic E-state index is 10.6. The molecular weight excluding hydrogens is 188 g/mol. The standard InChI is InChI=1S/C13H26O2/c1-5-13(3,4)10-8-6-7-9-11(2)12(14)15/h11H,5-10H2,1-4H3,(H,14,15). The molecular formula is C13H26O2. The lowest BCUT2D eigenvalue weighted by atomic mass is 9.84.